The third-order valence-corrected chi connectivity index (χ3v) is 4.88. The molecule has 1 nitrogen and oxygen atoms in total. The summed E-state index contributed by atoms with van der Waals surface area (Å²) >= 11 is 7.25. The molecule has 0 aliphatic carbocycles. The fourth-order valence-corrected chi connectivity index (χ4v) is 3.15. The lowest BCUT2D eigenvalue weighted by molar-refractivity contribution is 0.410. The molecule has 0 aliphatic rings. The zero-order chi connectivity index (χ0) is 14.7. The lowest BCUT2D eigenvalue weighted by Crippen LogP contribution is -1.98. The van der Waals surface area contributed by atoms with Crippen LogP contribution in [0.15, 0.2) is 46.9 Å². The van der Waals surface area contributed by atoms with Crippen LogP contribution in [0.3, 0.4) is 0 Å². The maximum absolute atomic E-state index is 5.47. The summed E-state index contributed by atoms with van der Waals surface area (Å²) in [6.07, 6.45) is 0. The van der Waals surface area contributed by atoms with Crippen molar-refractivity contribution in [3.63, 3.8) is 0 Å². The predicted molar refractivity (Wildman–Crippen MR) is 92.0 cm³/mol. The Morgan fingerprint density at radius 2 is 1.55 bits per heavy atom. The van der Waals surface area contributed by atoms with E-state index in [0.717, 1.165) is 15.8 Å². The Bertz CT molecular complexity index is 576. The van der Waals surface area contributed by atoms with Crippen molar-refractivity contribution in [3.05, 3.63) is 63.6 Å². The first-order valence-corrected chi connectivity index (χ1v) is 8.31. The lowest BCUT2D eigenvalue weighted by atomic mass is 9.98. The Morgan fingerprint density at radius 1 is 0.950 bits per heavy atom. The number of ether oxygens (including phenoxy) is 1. The van der Waals surface area contributed by atoms with Crippen LogP contribution in [0.2, 0.25) is 0 Å². The van der Waals surface area contributed by atoms with Gasteiger partial charge in [0.2, 0.25) is 0 Å². The third-order valence-electron chi connectivity index (χ3n) is 3.36. The molecule has 1 unspecified atom stereocenters. The number of methoxy groups -OCH3 is 1. The standard InChI is InChI=1S/C17H18Br2O/c1-11(2)12-4-6-13(7-5-12)17(19)15-9-8-14(18)10-16(15)20-3/h4-11,17H,1-3H3. The molecule has 0 amide bonds. The van der Waals surface area contributed by atoms with E-state index in [1.807, 2.05) is 12.1 Å². The highest BCUT2D eigenvalue weighted by Crippen LogP contribution is 2.38. The van der Waals surface area contributed by atoms with Gasteiger partial charge in [-0.3, -0.25) is 0 Å². The number of rotatable bonds is 4. The zero-order valence-electron chi connectivity index (χ0n) is 11.9. The minimum atomic E-state index is 0.131. The summed E-state index contributed by atoms with van der Waals surface area (Å²) < 4.78 is 6.49. The Hall–Kier alpha value is -0.800. The van der Waals surface area contributed by atoms with Gasteiger partial charge in [-0.1, -0.05) is 76.0 Å². The van der Waals surface area contributed by atoms with E-state index in [4.69, 9.17) is 4.74 Å². The molecule has 2 rings (SSSR count). The summed E-state index contributed by atoms with van der Waals surface area (Å²) in [5.74, 6) is 1.44. The minimum absolute atomic E-state index is 0.131. The number of hydrogen-bond acceptors (Lipinski definition) is 1. The van der Waals surface area contributed by atoms with Crippen LogP contribution >= 0.6 is 31.9 Å². The van der Waals surface area contributed by atoms with Crippen molar-refractivity contribution in [2.75, 3.05) is 7.11 Å². The van der Waals surface area contributed by atoms with Gasteiger partial charge >= 0.3 is 0 Å². The van der Waals surface area contributed by atoms with E-state index in [2.05, 4.69) is 76.0 Å². The first-order chi connectivity index (χ1) is 9.52. The average molecular weight is 398 g/mol. The smallest absolute Gasteiger partial charge is 0.124 e. The molecule has 106 valence electrons. The van der Waals surface area contributed by atoms with Crippen LogP contribution in [0.5, 0.6) is 5.75 Å². The highest BCUT2D eigenvalue weighted by Gasteiger charge is 2.15. The lowest BCUT2D eigenvalue weighted by Gasteiger charge is -2.16. The van der Waals surface area contributed by atoms with Crippen LogP contribution in [-0.4, -0.2) is 7.11 Å². The van der Waals surface area contributed by atoms with Crippen molar-refractivity contribution in [2.45, 2.75) is 24.6 Å². The van der Waals surface area contributed by atoms with Crippen molar-refractivity contribution < 1.29 is 4.74 Å². The number of hydrogen-bond donors (Lipinski definition) is 0. The highest BCUT2D eigenvalue weighted by molar-refractivity contribution is 9.10. The van der Waals surface area contributed by atoms with E-state index in [0.29, 0.717) is 5.92 Å². The molecule has 0 spiro atoms. The Labute approximate surface area is 137 Å². The largest absolute Gasteiger partial charge is 0.496 e. The Kier molecular flexibility index (Phi) is 5.28. The molecule has 0 saturated carbocycles. The molecule has 0 fully saturated rings. The van der Waals surface area contributed by atoms with Crippen LogP contribution in [0.25, 0.3) is 0 Å². The normalized spacial score (nSPS) is 12.5. The molecule has 0 heterocycles. The molecule has 0 bridgehead atoms. The fraction of sp³-hybridized carbons (Fsp3) is 0.294. The topological polar surface area (TPSA) is 9.23 Å². The Morgan fingerprint density at radius 3 is 2.10 bits per heavy atom. The van der Waals surface area contributed by atoms with Crippen LogP contribution in [0.4, 0.5) is 0 Å². The van der Waals surface area contributed by atoms with Crippen molar-refractivity contribution in [1.29, 1.82) is 0 Å². The van der Waals surface area contributed by atoms with Crippen LogP contribution in [-0.2, 0) is 0 Å². The summed E-state index contributed by atoms with van der Waals surface area (Å²) in [4.78, 5) is 0.131. The molecule has 0 aromatic heterocycles. The molecule has 0 saturated heterocycles. The number of alkyl halides is 1. The van der Waals surface area contributed by atoms with Gasteiger partial charge in [0.25, 0.3) is 0 Å². The van der Waals surface area contributed by atoms with Gasteiger partial charge in [0.05, 0.1) is 11.9 Å². The number of benzene rings is 2. The van der Waals surface area contributed by atoms with Crippen LogP contribution in [0, 0.1) is 0 Å². The molecule has 2 aromatic carbocycles. The molecule has 1 atom stereocenters. The van der Waals surface area contributed by atoms with Gasteiger partial charge in [0.15, 0.2) is 0 Å². The molecule has 0 radical (unpaired) electrons. The van der Waals surface area contributed by atoms with Crippen molar-refractivity contribution >= 4 is 31.9 Å². The molecule has 20 heavy (non-hydrogen) atoms. The van der Waals surface area contributed by atoms with E-state index >= 15 is 0 Å². The second-order valence-electron chi connectivity index (χ2n) is 5.07. The van der Waals surface area contributed by atoms with Gasteiger partial charge < -0.3 is 4.74 Å². The van der Waals surface area contributed by atoms with Gasteiger partial charge in [-0.2, -0.15) is 0 Å². The zero-order valence-corrected chi connectivity index (χ0v) is 15.0. The molecular formula is C17H18Br2O. The van der Waals surface area contributed by atoms with E-state index < -0.39 is 0 Å². The van der Waals surface area contributed by atoms with E-state index in [9.17, 15) is 0 Å². The maximum atomic E-state index is 5.47. The summed E-state index contributed by atoms with van der Waals surface area (Å²) in [5.41, 5.74) is 3.72. The molecule has 2 aromatic rings. The summed E-state index contributed by atoms with van der Waals surface area (Å²) in [6, 6.07) is 14.9. The van der Waals surface area contributed by atoms with Gasteiger partial charge in [-0.05, 0) is 29.2 Å². The van der Waals surface area contributed by atoms with Gasteiger partial charge in [0.1, 0.15) is 5.75 Å². The minimum Gasteiger partial charge on any atom is -0.496 e. The van der Waals surface area contributed by atoms with Crippen molar-refractivity contribution in [3.8, 4) is 5.75 Å². The maximum Gasteiger partial charge on any atom is 0.124 e. The first-order valence-electron chi connectivity index (χ1n) is 6.60. The van der Waals surface area contributed by atoms with Gasteiger partial charge in [-0.25, -0.2) is 0 Å². The highest BCUT2D eigenvalue weighted by atomic mass is 79.9. The third kappa shape index (κ3) is 3.44. The van der Waals surface area contributed by atoms with E-state index in [1.165, 1.54) is 11.1 Å². The molecule has 3 heteroatoms. The molecular weight excluding hydrogens is 380 g/mol. The average Bonchev–Trinajstić information content (AvgIpc) is 2.46. The summed E-state index contributed by atoms with van der Waals surface area (Å²) in [5, 5.41) is 0. The summed E-state index contributed by atoms with van der Waals surface area (Å²) in [7, 11) is 1.70. The first kappa shape index (κ1) is 15.6. The monoisotopic (exact) mass is 396 g/mol. The second-order valence-corrected chi connectivity index (χ2v) is 6.90. The predicted octanol–water partition coefficient (Wildman–Crippen LogP) is 6.07. The van der Waals surface area contributed by atoms with Crippen molar-refractivity contribution in [1.82, 2.24) is 0 Å². The fourth-order valence-electron chi connectivity index (χ4n) is 2.12. The van der Waals surface area contributed by atoms with Gasteiger partial charge in [0, 0.05) is 10.0 Å². The molecule has 0 N–H and O–H groups in total. The summed E-state index contributed by atoms with van der Waals surface area (Å²) in [6.45, 7) is 4.41. The van der Waals surface area contributed by atoms with Crippen LogP contribution < -0.4 is 4.74 Å². The SMILES string of the molecule is COc1cc(Br)ccc1C(Br)c1ccc(C(C)C)cc1. The quantitative estimate of drug-likeness (QED) is 0.569. The molecule has 0 aliphatic heterocycles. The number of halogens is 2. The van der Waals surface area contributed by atoms with E-state index in [-0.39, 0.29) is 4.83 Å². The van der Waals surface area contributed by atoms with Crippen molar-refractivity contribution in [2.24, 2.45) is 0 Å². The van der Waals surface area contributed by atoms with E-state index in [1.54, 1.807) is 7.11 Å². The van der Waals surface area contributed by atoms with Crippen LogP contribution in [0.1, 0.15) is 41.3 Å². The Balaban J connectivity index is 2.33. The second kappa shape index (κ2) is 6.77. The van der Waals surface area contributed by atoms with Gasteiger partial charge in [-0.15, -0.1) is 0 Å².